The van der Waals surface area contributed by atoms with Gasteiger partial charge in [-0.05, 0) is 16.8 Å². The van der Waals surface area contributed by atoms with Crippen LogP contribution in [0, 0.1) is 0 Å². The number of fused-ring (bicyclic) bond motifs is 1. The van der Waals surface area contributed by atoms with Crippen LogP contribution in [-0.2, 0) is 4.79 Å². The second-order valence-electron chi connectivity index (χ2n) is 2.78. The van der Waals surface area contributed by atoms with Crippen molar-refractivity contribution in [2.75, 3.05) is 0 Å². The Balaban J connectivity index is 2.91. The predicted molar refractivity (Wildman–Crippen MR) is 50.4 cm³/mol. The average Bonchev–Trinajstić information content (AvgIpc) is 2.18. The third-order valence-electron chi connectivity index (χ3n) is 2.01. The molecule has 0 aromatic heterocycles. The summed E-state index contributed by atoms with van der Waals surface area (Å²) in [5.74, 6) is -0.0197. The molecule has 13 heavy (non-hydrogen) atoms. The van der Waals surface area contributed by atoms with Crippen LogP contribution in [0.15, 0.2) is 36.4 Å². The van der Waals surface area contributed by atoms with Crippen LogP contribution in [0.3, 0.4) is 0 Å². The zero-order chi connectivity index (χ0) is 9.26. The summed E-state index contributed by atoms with van der Waals surface area (Å²) in [6.45, 7) is 0. The van der Waals surface area contributed by atoms with Crippen molar-refractivity contribution in [2.24, 2.45) is 0 Å². The molecule has 0 atom stereocenters. The normalized spacial score (nSPS) is 10.2. The van der Waals surface area contributed by atoms with Gasteiger partial charge in [0.2, 0.25) is 6.29 Å². The Kier molecular flexibility index (Phi) is 1.74. The minimum Gasteiger partial charge on any atom is -0.507 e. The molecule has 2 rings (SSSR count). The summed E-state index contributed by atoms with van der Waals surface area (Å²) in [5.41, 5.74) is 0.234. The lowest BCUT2D eigenvalue weighted by molar-refractivity contribution is 0.473. The van der Waals surface area contributed by atoms with Crippen LogP contribution in [0.2, 0.25) is 0 Å². The molecule has 1 radical (unpaired) electrons. The first-order valence-electron chi connectivity index (χ1n) is 3.92. The molecule has 1 N–H and O–H groups in total. The van der Waals surface area contributed by atoms with Crippen molar-refractivity contribution in [3.05, 3.63) is 42.0 Å². The maximum Gasteiger partial charge on any atom is 0.238 e. The van der Waals surface area contributed by atoms with Crippen molar-refractivity contribution >= 4 is 17.1 Å². The molecule has 0 saturated carbocycles. The first kappa shape index (κ1) is 7.80. The number of hydrogen-bond acceptors (Lipinski definition) is 2. The van der Waals surface area contributed by atoms with Crippen molar-refractivity contribution in [1.82, 2.24) is 0 Å². The van der Waals surface area contributed by atoms with Gasteiger partial charge in [-0.2, -0.15) is 0 Å². The van der Waals surface area contributed by atoms with Crippen LogP contribution in [-0.4, -0.2) is 11.4 Å². The Labute approximate surface area is 75.4 Å². The SMILES string of the molecule is O=[C]c1c(O)ccc2ccccc12. The third kappa shape index (κ3) is 1.16. The topological polar surface area (TPSA) is 37.3 Å². The first-order valence-corrected chi connectivity index (χ1v) is 3.92. The van der Waals surface area contributed by atoms with Gasteiger partial charge in [0, 0.05) is 0 Å². The van der Waals surface area contributed by atoms with Crippen molar-refractivity contribution in [1.29, 1.82) is 0 Å². The zero-order valence-electron chi connectivity index (χ0n) is 6.82. The lowest BCUT2D eigenvalue weighted by Gasteiger charge is -2.01. The van der Waals surface area contributed by atoms with Gasteiger partial charge in [0.1, 0.15) is 5.75 Å². The fraction of sp³-hybridized carbons (Fsp3) is 0. The quantitative estimate of drug-likeness (QED) is 0.712. The Morgan fingerprint density at radius 2 is 1.85 bits per heavy atom. The lowest BCUT2D eigenvalue weighted by atomic mass is 10.0. The summed E-state index contributed by atoms with van der Waals surface area (Å²) in [6.07, 6.45) is 1.74. The van der Waals surface area contributed by atoms with E-state index < -0.39 is 0 Å². The molecule has 0 aliphatic heterocycles. The van der Waals surface area contributed by atoms with Gasteiger partial charge in [0.15, 0.2) is 0 Å². The minimum atomic E-state index is -0.0197. The summed E-state index contributed by atoms with van der Waals surface area (Å²) in [4.78, 5) is 10.6. The second kappa shape index (κ2) is 2.90. The van der Waals surface area contributed by atoms with Crippen molar-refractivity contribution in [3.63, 3.8) is 0 Å². The Hall–Kier alpha value is -1.83. The molecule has 0 heterocycles. The molecule has 0 bridgehead atoms. The number of phenols is 1. The van der Waals surface area contributed by atoms with Gasteiger partial charge in [0.25, 0.3) is 0 Å². The predicted octanol–water partition coefficient (Wildman–Crippen LogP) is 2.00. The largest absolute Gasteiger partial charge is 0.507 e. The average molecular weight is 171 g/mol. The number of hydrogen-bond donors (Lipinski definition) is 1. The van der Waals surface area contributed by atoms with Crippen LogP contribution < -0.4 is 0 Å². The molecule has 0 amide bonds. The van der Waals surface area contributed by atoms with E-state index >= 15 is 0 Å². The number of carbonyl (C=O) groups excluding carboxylic acids is 1. The third-order valence-corrected chi connectivity index (χ3v) is 2.01. The maximum absolute atomic E-state index is 10.6. The molecule has 0 aliphatic carbocycles. The summed E-state index contributed by atoms with van der Waals surface area (Å²) >= 11 is 0. The van der Waals surface area contributed by atoms with Crippen LogP contribution in [0.1, 0.15) is 5.56 Å². The number of aromatic hydroxyl groups is 1. The fourth-order valence-corrected chi connectivity index (χ4v) is 1.37. The summed E-state index contributed by atoms with van der Waals surface area (Å²) in [5, 5.41) is 11.0. The van der Waals surface area contributed by atoms with Gasteiger partial charge < -0.3 is 5.11 Å². The van der Waals surface area contributed by atoms with E-state index in [1.807, 2.05) is 18.2 Å². The molecular weight excluding hydrogens is 164 g/mol. The van der Waals surface area contributed by atoms with Crippen LogP contribution in [0.25, 0.3) is 10.8 Å². The van der Waals surface area contributed by atoms with Gasteiger partial charge in [-0.1, -0.05) is 30.3 Å². The van der Waals surface area contributed by atoms with Crippen LogP contribution in [0.4, 0.5) is 0 Å². The van der Waals surface area contributed by atoms with Crippen molar-refractivity contribution < 1.29 is 9.90 Å². The molecule has 0 fully saturated rings. The van der Waals surface area contributed by atoms with E-state index in [1.165, 1.54) is 6.07 Å². The molecule has 2 heteroatoms. The molecular formula is C11H7O2. The minimum absolute atomic E-state index is 0.0197. The molecule has 2 nitrogen and oxygen atoms in total. The highest BCUT2D eigenvalue weighted by Crippen LogP contribution is 2.24. The molecule has 2 aromatic carbocycles. The van der Waals surface area contributed by atoms with Crippen molar-refractivity contribution in [3.8, 4) is 5.75 Å². The molecule has 63 valence electrons. The van der Waals surface area contributed by atoms with Crippen LogP contribution in [0.5, 0.6) is 5.75 Å². The van der Waals surface area contributed by atoms with Gasteiger partial charge in [-0.25, -0.2) is 0 Å². The van der Waals surface area contributed by atoms with E-state index in [1.54, 1.807) is 18.4 Å². The van der Waals surface area contributed by atoms with Crippen LogP contribution >= 0.6 is 0 Å². The molecule has 0 saturated heterocycles. The van der Waals surface area contributed by atoms with E-state index in [2.05, 4.69) is 0 Å². The Morgan fingerprint density at radius 3 is 2.62 bits per heavy atom. The molecule has 0 unspecified atom stereocenters. The molecule has 0 aliphatic rings. The highest BCUT2D eigenvalue weighted by Gasteiger charge is 2.04. The smallest absolute Gasteiger partial charge is 0.238 e. The summed E-state index contributed by atoms with van der Waals surface area (Å²) < 4.78 is 0. The monoisotopic (exact) mass is 171 g/mol. The summed E-state index contributed by atoms with van der Waals surface area (Å²) in [6, 6.07) is 10.6. The number of benzene rings is 2. The Bertz CT molecular complexity index is 461. The standard InChI is InChI=1S/C11H7O2/c12-7-10-9-4-2-1-3-8(9)5-6-11(10)13/h1-6,13H. The van der Waals surface area contributed by atoms with E-state index in [-0.39, 0.29) is 11.3 Å². The number of rotatable bonds is 1. The van der Waals surface area contributed by atoms with Crippen molar-refractivity contribution in [2.45, 2.75) is 0 Å². The highest BCUT2D eigenvalue weighted by atomic mass is 16.3. The van der Waals surface area contributed by atoms with Gasteiger partial charge in [0.05, 0.1) is 5.56 Å². The highest BCUT2D eigenvalue weighted by molar-refractivity contribution is 6.00. The van der Waals surface area contributed by atoms with Gasteiger partial charge in [-0.15, -0.1) is 0 Å². The first-order chi connectivity index (χ1) is 6.33. The van der Waals surface area contributed by atoms with E-state index in [0.29, 0.717) is 0 Å². The number of phenolic OH excluding ortho intramolecular Hbond substituents is 1. The maximum atomic E-state index is 10.6. The van der Waals surface area contributed by atoms with E-state index in [4.69, 9.17) is 0 Å². The fourth-order valence-electron chi connectivity index (χ4n) is 1.37. The zero-order valence-corrected chi connectivity index (χ0v) is 6.82. The second-order valence-corrected chi connectivity index (χ2v) is 2.78. The van der Waals surface area contributed by atoms with E-state index in [0.717, 1.165) is 10.8 Å². The van der Waals surface area contributed by atoms with Gasteiger partial charge in [-0.3, -0.25) is 4.79 Å². The molecule has 2 aromatic rings. The lowest BCUT2D eigenvalue weighted by Crippen LogP contribution is -1.84. The Morgan fingerprint density at radius 1 is 1.08 bits per heavy atom. The van der Waals surface area contributed by atoms with E-state index in [9.17, 15) is 9.90 Å². The molecule has 0 spiro atoms. The van der Waals surface area contributed by atoms with Gasteiger partial charge >= 0.3 is 0 Å². The summed E-state index contributed by atoms with van der Waals surface area (Å²) in [7, 11) is 0.